The summed E-state index contributed by atoms with van der Waals surface area (Å²) in [5.41, 5.74) is 4.80. The first-order valence-corrected chi connectivity index (χ1v) is 12.9. The van der Waals surface area contributed by atoms with Gasteiger partial charge in [-0.2, -0.15) is 5.10 Å². The molecule has 5 aromatic rings. The van der Waals surface area contributed by atoms with Crippen molar-refractivity contribution in [2.24, 2.45) is 7.05 Å². The number of aromatic nitrogens is 4. The lowest BCUT2D eigenvalue weighted by molar-refractivity contribution is 0.585. The molecule has 7 nitrogen and oxygen atoms in total. The second kappa shape index (κ2) is 8.27. The van der Waals surface area contributed by atoms with Gasteiger partial charge in [-0.1, -0.05) is 0 Å². The maximum absolute atomic E-state index is 14.7. The Morgan fingerprint density at radius 2 is 1.75 bits per heavy atom. The highest BCUT2D eigenvalue weighted by Crippen LogP contribution is 2.35. The van der Waals surface area contributed by atoms with Crippen LogP contribution in [-0.4, -0.2) is 32.8 Å². The van der Waals surface area contributed by atoms with Crippen molar-refractivity contribution in [3.8, 4) is 33.5 Å². The molecule has 10 heteroatoms. The zero-order valence-electron chi connectivity index (χ0n) is 19.2. The molecule has 1 fully saturated rings. The summed E-state index contributed by atoms with van der Waals surface area (Å²) in [4.78, 5) is 4.54. The van der Waals surface area contributed by atoms with Gasteiger partial charge in [0.15, 0.2) is 0 Å². The van der Waals surface area contributed by atoms with Gasteiger partial charge in [-0.05, 0) is 66.4 Å². The third-order valence-corrected chi connectivity index (χ3v) is 8.11. The summed E-state index contributed by atoms with van der Waals surface area (Å²) in [5.74, 6) is -1.42. The Kier molecular flexibility index (Phi) is 5.15. The van der Waals surface area contributed by atoms with E-state index in [1.165, 1.54) is 12.1 Å². The van der Waals surface area contributed by atoms with Crippen molar-refractivity contribution < 1.29 is 17.2 Å². The van der Waals surface area contributed by atoms with Crippen molar-refractivity contribution in [3.63, 3.8) is 0 Å². The van der Waals surface area contributed by atoms with Gasteiger partial charge in [-0.25, -0.2) is 22.2 Å². The first-order chi connectivity index (χ1) is 17.3. The van der Waals surface area contributed by atoms with Gasteiger partial charge in [0.2, 0.25) is 10.0 Å². The monoisotopic (exact) mass is 505 g/mol. The molecule has 36 heavy (non-hydrogen) atoms. The zero-order chi connectivity index (χ0) is 25.0. The molecule has 1 aliphatic carbocycles. The molecule has 0 spiro atoms. The molecule has 0 radical (unpaired) electrons. The van der Waals surface area contributed by atoms with Crippen molar-refractivity contribution in [2.45, 2.75) is 18.1 Å². The number of halogens is 2. The van der Waals surface area contributed by atoms with Crippen LogP contribution >= 0.6 is 0 Å². The van der Waals surface area contributed by atoms with E-state index in [9.17, 15) is 17.2 Å². The second-order valence-electron chi connectivity index (χ2n) is 8.96. The van der Waals surface area contributed by atoms with E-state index < -0.39 is 26.9 Å². The minimum absolute atomic E-state index is 0.165. The number of anilines is 1. The van der Waals surface area contributed by atoms with E-state index in [4.69, 9.17) is 0 Å². The van der Waals surface area contributed by atoms with Crippen molar-refractivity contribution >= 4 is 21.4 Å². The third kappa shape index (κ3) is 4.13. The fourth-order valence-corrected chi connectivity index (χ4v) is 5.65. The van der Waals surface area contributed by atoms with Crippen molar-refractivity contribution in [3.05, 3.63) is 85.0 Å². The van der Waals surface area contributed by atoms with E-state index >= 15 is 0 Å². The van der Waals surface area contributed by atoms with Crippen LogP contribution in [0, 0.1) is 11.6 Å². The molecule has 1 N–H and O–H groups in total. The second-order valence-corrected chi connectivity index (χ2v) is 10.9. The van der Waals surface area contributed by atoms with Crippen LogP contribution in [0.4, 0.5) is 14.5 Å². The Labute approximate surface area is 206 Å². The normalized spacial score (nSPS) is 13.9. The van der Waals surface area contributed by atoms with Crippen LogP contribution in [0.5, 0.6) is 0 Å². The van der Waals surface area contributed by atoms with Gasteiger partial charge in [-0.3, -0.25) is 13.8 Å². The number of hydrogen-bond acceptors (Lipinski definition) is 4. The predicted octanol–water partition coefficient (Wildman–Crippen LogP) is 5.25. The number of nitrogens with zero attached hydrogens (tertiary/aromatic N) is 4. The number of pyridine rings is 1. The van der Waals surface area contributed by atoms with Crippen LogP contribution in [0.15, 0.2) is 73.3 Å². The Morgan fingerprint density at radius 3 is 2.47 bits per heavy atom. The standard InChI is InChI=1S/C26H21F2N5O2S/c1-32-15-19(13-30-32)16-6-7-33-25(14-29-26(33)11-16)18-8-17(23-5-2-20(27)12-24(23)28)9-21(10-18)31-36(34,35)22-3-4-22/h2,5-15,22,31H,3-4H2,1H3. The maximum atomic E-state index is 14.7. The summed E-state index contributed by atoms with van der Waals surface area (Å²) in [5, 5.41) is 3.79. The summed E-state index contributed by atoms with van der Waals surface area (Å²) < 4.78 is 59.8. The van der Waals surface area contributed by atoms with Crippen molar-refractivity contribution in [2.75, 3.05) is 4.72 Å². The number of aryl methyl sites for hydroxylation is 1. The summed E-state index contributed by atoms with van der Waals surface area (Å²) in [7, 11) is -1.70. The van der Waals surface area contributed by atoms with E-state index in [-0.39, 0.29) is 5.56 Å². The molecule has 182 valence electrons. The van der Waals surface area contributed by atoms with Gasteiger partial charge in [0, 0.05) is 47.9 Å². The van der Waals surface area contributed by atoms with Gasteiger partial charge in [0.1, 0.15) is 17.3 Å². The molecule has 0 amide bonds. The fraction of sp³-hybridized carbons (Fsp3) is 0.154. The molecule has 0 unspecified atom stereocenters. The minimum Gasteiger partial charge on any atom is -0.300 e. The largest absolute Gasteiger partial charge is 0.300 e. The summed E-state index contributed by atoms with van der Waals surface area (Å²) in [6, 6.07) is 12.2. The molecule has 3 heterocycles. The maximum Gasteiger partial charge on any atom is 0.235 e. The van der Waals surface area contributed by atoms with Crippen LogP contribution in [0.2, 0.25) is 0 Å². The Bertz CT molecular complexity index is 1740. The van der Waals surface area contributed by atoms with E-state index in [0.29, 0.717) is 41.0 Å². The molecule has 0 aliphatic heterocycles. The van der Waals surface area contributed by atoms with E-state index in [1.807, 2.05) is 36.0 Å². The van der Waals surface area contributed by atoms with Gasteiger partial charge in [0.05, 0.1) is 23.3 Å². The average molecular weight is 506 g/mol. The predicted molar refractivity (Wildman–Crippen MR) is 134 cm³/mol. The minimum atomic E-state index is -3.55. The van der Waals surface area contributed by atoms with Gasteiger partial charge in [0.25, 0.3) is 0 Å². The topological polar surface area (TPSA) is 81.3 Å². The lowest BCUT2D eigenvalue weighted by Gasteiger charge is -2.13. The van der Waals surface area contributed by atoms with Crippen LogP contribution in [-0.2, 0) is 17.1 Å². The molecule has 0 bridgehead atoms. The van der Waals surface area contributed by atoms with Crippen LogP contribution < -0.4 is 4.72 Å². The van der Waals surface area contributed by atoms with E-state index in [2.05, 4.69) is 14.8 Å². The number of hydrogen-bond donors (Lipinski definition) is 1. The number of sulfonamides is 1. The SMILES string of the molecule is Cn1cc(-c2ccn3c(-c4cc(NS(=O)(=O)C5CC5)cc(-c5ccc(F)cc5F)c4)cnc3c2)cn1. The highest BCUT2D eigenvalue weighted by molar-refractivity contribution is 7.93. The van der Waals surface area contributed by atoms with E-state index in [1.54, 1.807) is 35.3 Å². The average Bonchev–Trinajstić information content (AvgIpc) is 3.49. The Morgan fingerprint density at radius 1 is 0.944 bits per heavy atom. The molecule has 1 aliphatic rings. The first-order valence-electron chi connectivity index (χ1n) is 11.4. The smallest absolute Gasteiger partial charge is 0.235 e. The Hall–Kier alpha value is -4.05. The number of nitrogens with one attached hydrogen (secondary N) is 1. The first kappa shape index (κ1) is 22.4. The lowest BCUT2D eigenvalue weighted by Crippen LogP contribution is -2.17. The third-order valence-electron chi connectivity index (χ3n) is 6.25. The van der Waals surface area contributed by atoms with Crippen LogP contribution in [0.25, 0.3) is 39.2 Å². The molecule has 2 aromatic carbocycles. The molecular formula is C26H21F2N5O2S. The number of rotatable bonds is 6. The molecule has 3 aromatic heterocycles. The van der Waals surface area contributed by atoms with Gasteiger partial charge in [-0.15, -0.1) is 0 Å². The van der Waals surface area contributed by atoms with E-state index in [0.717, 1.165) is 17.2 Å². The highest BCUT2D eigenvalue weighted by Gasteiger charge is 2.35. The summed E-state index contributed by atoms with van der Waals surface area (Å²) in [6.07, 6.45) is 8.46. The Balaban J connectivity index is 1.47. The molecule has 6 rings (SSSR count). The molecule has 0 atom stereocenters. The van der Waals surface area contributed by atoms with Crippen LogP contribution in [0.3, 0.4) is 0 Å². The molecule has 0 saturated heterocycles. The lowest BCUT2D eigenvalue weighted by atomic mass is 10.00. The van der Waals surface area contributed by atoms with Gasteiger partial charge >= 0.3 is 0 Å². The van der Waals surface area contributed by atoms with Gasteiger partial charge < -0.3 is 0 Å². The van der Waals surface area contributed by atoms with Crippen molar-refractivity contribution in [1.82, 2.24) is 19.2 Å². The highest BCUT2D eigenvalue weighted by atomic mass is 32.2. The zero-order valence-corrected chi connectivity index (χ0v) is 20.0. The quantitative estimate of drug-likeness (QED) is 0.342. The number of imidazole rings is 1. The fourth-order valence-electron chi connectivity index (χ4n) is 4.28. The summed E-state index contributed by atoms with van der Waals surface area (Å²) in [6.45, 7) is 0. The molecule has 1 saturated carbocycles. The van der Waals surface area contributed by atoms with Crippen molar-refractivity contribution in [1.29, 1.82) is 0 Å². The molecular weight excluding hydrogens is 484 g/mol. The van der Waals surface area contributed by atoms with Crippen LogP contribution in [0.1, 0.15) is 12.8 Å². The number of benzene rings is 2. The summed E-state index contributed by atoms with van der Waals surface area (Å²) >= 11 is 0. The number of fused-ring (bicyclic) bond motifs is 1.